The van der Waals surface area contributed by atoms with Gasteiger partial charge in [-0.25, -0.2) is 0 Å². The fourth-order valence-electron chi connectivity index (χ4n) is 3.47. The summed E-state index contributed by atoms with van der Waals surface area (Å²) in [5.41, 5.74) is 0.571. The molecule has 128 valence electrons. The van der Waals surface area contributed by atoms with E-state index in [0.717, 1.165) is 35.9 Å². The Bertz CT molecular complexity index is 1040. The lowest BCUT2D eigenvalue weighted by molar-refractivity contribution is 0.102. The van der Waals surface area contributed by atoms with Crippen molar-refractivity contribution in [2.45, 2.75) is 31.6 Å². The maximum Gasteiger partial charge on any atom is 0.279 e. The number of aromatic amines is 2. The lowest BCUT2D eigenvalue weighted by Gasteiger charge is -2.10. The monoisotopic (exact) mass is 338 g/mol. The van der Waals surface area contributed by atoms with Crippen LogP contribution in [-0.4, -0.2) is 20.5 Å². The Morgan fingerprint density at radius 1 is 1.12 bits per heavy atom. The van der Waals surface area contributed by atoms with Crippen LogP contribution in [0.25, 0.3) is 5.65 Å². The predicted octanol–water partition coefficient (Wildman–Crippen LogP) is 2.23. The number of nitrogens with zero attached hydrogens (tertiary/aromatic N) is 1. The van der Waals surface area contributed by atoms with Gasteiger partial charge in [0, 0.05) is 17.4 Å². The first-order valence-corrected chi connectivity index (χ1v) is 8.38. The molecule has 2 aromatic heterocycles. The van der Waals surface area contributed by atoms with Gasteiger partial charge >= 0.3 is 0 Å². The van der Waals surface area contributed by atoms with Crippen LogP contribution in [0.5, 0.6) is 0 Å². The molecule has 2 heterocycles. The minimum Gasteiger partial charge on any atom is -0.342 e. The van der Waals surface area contributed by atoms with Crippen LogP contribution in [0.2, 0.25) is 0 Å². The summed E-state index contributed by atoms with van der Waals surface area (Å²) in [4.78, 5) is 40.3. The van der Waals surface area contributed by atoms with Gasteiger partial charge in [0.05, 0.1) is 0 Å². The van der Waals surface area contributed by atoms with Crippen molar-refractivity contribution < 1.29 is 4.79 Å². The van der Waals surface area contributed by atoms with E-state index in [9.17, 15) is 14.4 Å². The van der Waals surface area contributed by atoms with Gasteiger partial charge in [-0.15, -0.1) is 0 Å². The van der Waals surface area contributed by atoms with E-state index in [2.05, 4.69) is 15.4 Å². The Morgan fingerprint density at radius 3 is 2.56 bits per heavy atom. The number of H-pyrrole nitrogens is 2. The van der Waals surface area contributed by atoms with Crippen LogP contribution in [0.3, 0.4) is 0 Å². The Kier molecular flexibility index (Phi) is 3.76. The Labute approximate surface area is 142 Å². The summed E-state index contributed by atoms with van der Waals surface area (Å²) in [6.07, 6.45) is 4.26. The second-order valence-corrected chi connectivity index (χ2v) is 6.36. The molecule has 0 bridgehead atoms. The SMILES string of the molecule is O=C(Nc1ccccc1)c1c(=O)[nH]n2c(=O)cc(C3CCCC3)[nH]c12. The van der Waals surface area contributed by atoms with Gasteiger partial charge in [-0.3, -0.25) is 19.5 Å². The number of hydrogen-bond donors (Lipinski definition) is 3. The smallest absolute Gasteiger partial charge is 0.279 e. The van der Waals surface area contributed by atoms with E-state index in [4.69, 9.17) is 0 Å². The summed E-state index contributed by atoms with van der Waals surface area (Å²) in [6.45, 7) is 0. The average molecular weight is 338 g/mol. The minimum absolute atomic E-state index is 0.0826. The van der Waals surface area contributed by atoms with Crippen LogP contribution >= 0.6 is 0 Å². The van der Waals surface area contributed by atoms with Crippen molar-refractivity contribution >= 4 is 17.2 Å². The Balaban J connectivity index is 1.80. The molecule has 4 rings (SSSR count). The second-order valence-electron chi connectivity index (χ2n) is 6.36. The van der Waals surface area contributed by atoms with Crippen molar-refractivity contribution in [3.05, 3.63) is 68.4 Å². The number of benzene rings is 1. The largest absolute Gasteiger partial charge is 0.342 e. The molecule has 1 amide bonds. The highest BCUT2D eigenvalue weighted by Crippen LogP contribution is 2.32. The van der Waals surface area contributed by atoms with E-state index in [-0.39, 0.29) is 22.7 Å². The molecule has 7 nitrogen and oxygen atoms in total. The molecule has 7 heteroatoms. The number of nitrogens with one attached hydrogen (secondary N) is 3. The van der Waals surface area contributed by atoms with E-state index >= 15 is 0 Å². The van der Waals surface area contributed by atoms with Gasteiger partial charge in [-0.1, -0.05) is 31.0 Å². The van der Waals surface area contributed by atoms with Crippen LogP contribution in [0.1, 0.15) is 47.7 Å². The molecule has 0 aliphatic heterocycles. The van der Waals surface area contributed by atoms with E-state index < -0.39 is 11.5 Å². The summed E-state index contributed by atoms with van der Waals surface area (Å²) >= 11 is 0. The van der Waals surface area contributed by atoms with Gasteiger partial charge in [0.1, 0.15) is 5.56 Å². The Hall–Kier alpha value is -3.09. The standard InChI is InChI=1S/C18H18N4O3/c23-14-10-13(11-6-4-5-7-11)20-16-15(18(25)21-22(14)16)17(24)19-12-8-2-1-3-9-12/h1-3,8-11,20H,4-7H2,(H,19,24)(H,21,25). The topological polar surface area (TPSA) is 99.2 Å². The third-order valence-corrected chi connectivity index (χ3v) is 4.72. The summed E-state index contributed by atoms with van der Waals surface area (Å²) in [5.74, 6) is -0.276. The van der Waals surface area contributed by atoms with Crippen LogP contribution in [-0.2, 0) is 0 Å². The van der Waals surface area contributed by atoms with Gasteiger partial charge in [-0.2, -0.15) is 4.52 Å². The van der Waals surface area contributed by atoms with Crippen molar-refractivity contribution in [2.75, 3.05) is 5.32 Å². The summed E-state index contributed by atoms with van der Waals surface area (Å²) in [5, 5.41) is 5.13. The lowest BCUT2D eigenvalue weighted by Crippen LogP contribution is -2.20. The van der Waals surface area contributed by atoms with Crippen LogP contribution in [0.4, 0.5) is 5.69 Å². The summed E-state index contributed by atoms with van der Waals surface area (Å²) in [6, 6.07) is 10.4. The van der Waals surface area contributed by atoms with E-state index in [1.54, 1.807) is 24.3 Å². The van der Waals surface area contributed by atoms with E-state index in [1.807, 2.05) is 6.07 Å². The molecule has 1 aliphatic carbocycles. The van der Waals surface area contributed by atoms with Crippen molar-refractivity contribution in [2.24, 2.45) is 0 Å². The fourth-order valence-corrected chi connectivity index (χ4v) is 3.47. The molecular weight excluding hydrogens is 320 g/mol. The molecule has 0 unspecified atom stereocenters. The number of hydrogen-bond acceptors (Lipinski definition) is 3. The zero-order chi connectivity index (χ0) is 17.4. The van der Waals surface area contributed by atoms with Crippen LogP contribution in [0.15, 0.2) is 46.0 Å². The quantitative estimate of drug-likeness (QED) is 0.683. The van der Waals surface area contributed by atoms with Gasteiger partial charge in [0.15, 0.2) is 5.65 Å². The number of carbonyl (C=O) groups excluding carboxylic acids is 1. The van der Waals surface area contributed by atoms with Crippen LogP contribution in [0, 0.1) is 0 Å². The van der Waals surface area contributed by atoms with Gasteiger partial charge < -0.3 is 10.3 Å². The fraction of sp³-hybridized carbons (Fsp3) is 0.278. The third kappa shape index (κ3) is 2.77. The highest BCUT2D eigenvalue weighted by atomic mass is 16.2. The second kappa shape index (κ2) is 6.08. The molecule has 0 radical (unpaired) electrons. The van der Waals surface area contributed by atoms with Gasteiger partial charge in [0.25, 0.3) is 17.0 Å². The molecule has 0 saturated heterocycles. The maximum absolute atomic E-state index is 12.6. The van der Waals surface area contributed by atoms with Crippen molar-refractivity contribution in [1.82, 2.24) is 14.6 Å². The molecule has 1 aromatic carbocycles. The highest BCUT2D eigenvalue weighted by molar-refractivity contribution is 6.08. The normalized spacial score (nSPS) is 14.9. The highest BCUT2D eigenvalue weighted by Gasteiger charge is 2.23. The maximum atomic E-state index is 12.6. The zero-order valence-corrected chi connectivity index (χ0v) is 13.5. The molecule has 1 aliphatic rings. The number of para-hydroxylation sites is 1. The molecule has 3 aromatic rings. The predicted molar refractivity (Wildman–Crippen MR) is 94.2 cm³/mol. The number of rotatable bonds is 3. The molecule has 0 atom stereocenters. The summed E-state index contributed by atoms with van der Waals surface area (Å²) < 4.78 is 1.10. The number of anilines is 1. The van der Waals surface area contributed by atoms with Gasteiger partial charge in [0.2, 0.25) is 0 Å². The first-order valence-electron chi connectivity index (χ1n) is 8.38. The first kappa shape index (κ1) is 15.4. The molecule has 0 spiro atoms. The molecule has 3 N–H and O–H groups in total. The number of aromatic nitrogens is 3. The van der Waals surface area contributed by atoms with Crippen LogP contribution < -0.4 is 16.4 Å². The van der Waals surface area contributed by atoms with E-state index in [0.29, 0.717) is 5.69 Å². The van der Waals surface area contributed by atoms with E-state index in [1.165, 1.54) is 6.07 Å². The van der Waals surface area contributed by atoms with Gasteiger partial charge in [-0.05, 0) is 30.9 Å². The molecule has 1 fully saturated rings. The Morgan fingerprint density at radius 2 is 1.84 bits per heavy atom. The number of carbonyl (C=O) groups is 1. The lowest BCUT2D eigenvalue weighted by atomic mass is 10.0. The third-order valence-electron chi connectivity index (χ3n) is 4.72. The molecular formula is C18H18N4O3. The number of fused-ring (bicyclic) bond motifs is 1. The van der Waals surface area contributed by atoms with Crippen molar-refractivity contribution in [3.8, 4) is 0 Å². The summed E-state index contributed by atoms with van der Waals surface area (Å²) in [7, 11) is 0. The van der Waals surface area contributed by atoms with Crippen molar-refractivity contribution in [3.63, 3.8) is 0 Å². The molecule has 1 saturated carbocycles. The van der Waals surface area contributed by atoms with Crippen molar-refractivity contribution in [1.29, 1.82) is 0 Å². The minimum atomic E-state index is -0.592. The first-order chi connectivity index (χ1) is 12.1. The average Bonchev–Trinajstić information content (AvgIpc) is 3.23. The molecule has 25 heavy (non-hydrogen) atoms. The number of amides is 1. The zero-order valence-electron chi connectivity index (χ0n) is 13.5.